The maximum absolute atomic E-state index is 12.1. The molecule has 0 unspecified atom stereocenters. The Labute approximate surface area is 151 Å². The van der Waals surface area contributed by atoms with Gasteiger partial charge in [-0.3, -0.25) is 4.90 Å². The lowest BCUT2D eigenvalue weighted by molar-refractivity contribution is 0.0597. The highest BCUT2D eigenvalue weighted by molar-refractivity contribution is 6.07. The molecule has 0 bridgehead atoms. The molecule has 9 heteroatoms. The first-order valence-electron chi connectivity index (χ1n) is 8.41. The van der Waals surface area contributed by atoms with E-state index in [0.717, 1.165) is 19.3 Å². The van der Waals surface area contributed by atoms with Crippen LogP contribution in [0.3, 0.4) is 0 Å². The molecular weight excluding hydrogens is 338 g/mol. The largest absolute Gasteiger partial charge is 0.505 e. The molecule has 9 nitrogen and oxygen atoms in total. The van der Waals surface area contributed by atoms with Gasteiger partial charge in [0.25, 0.3) is 0 Å². The van der Waals surface area contributed by atoms with Crippen molar-refractivity contribution in [3.63, 3.8) is 0 Å². The van der Waals surface area contributed by atoms with Gasteiger partial charge in [-0.05, 0) is 31.7 Å². The molecule has 0 atom stereocenters. The van der Waals surface area contributed by atoms with E-state index in [1.807, 2.05) is 0 Å². The molecule has 1 aromatic carbocycles. The number of methoxy groups -OCH3 is 2. The van der Waals surface area contributed by atoms with Crippen molar-refractivity contribution in [3.05, 3.63) is 17.7 Å². The van der Waals surface area contributed by atoms with E-state index in [0.29, 0.717) is 18.6 Å². The van der Waals surface area contributed by atoms with Gasteiger partial charge in [0.05, 0.1) is 19.9 Å². The van der Waals surface area contributed by atoms with E-state index in [2.05, 4.69) is 9.98 Å². The third-order valence-electron chi connectivity index (χ3n) is 4.80. The van der Waals surface area contributed by atoms with Gasteiger partial charge in [0, 0.05) is 6.07 Å². The summed E-state index contributed by atoms with van der Waals surface area (Å²) in [5.41, 5.74) is 11.5. The topological polar surface area (TPSA) is 136 Å². The third-order valence-corrected chi connectivity index (χ3v) is 4.80. The Morgan fingerprint density at radius 3 is 2.54 bits per heavy atom. The molecule has 1 saturated carbocycles. The molecule has 3 rings (SSSR count). The summed E-state index contributed by atoms with van der Waals surface area (Å²) in [6.45, 7) is 0. The highest BCUT2D eigenvalue weighted by Gasteiger charge is 2.44. The number of hydrogen-bond donors (Lipinski definition) is 3. The van der Waals surface area contributed by atoms with Crippen molar-refractivity contribution in [1.29, 1.82) is 0 Å². The van der Waals surface area contributed by atoms with Gasteiger partial charge in [0.2, 0.25) is 11.9 Å². The molecule has 5 N–H and O–H groups in total. The first-order chi connectivity index (χ1) is 12.4. The van der Waals surface area contributed by atoms with Crippen molar-refractivity contribution in [2.45, 2.75) is 37.8 Å². The number of nitrogens with two attached hydrogens (primary N) is 2. The fraction of sp³-hybridized carbons (Fsp3) is 0.471. The summed E-state index contributed by atoms with van der Waals surface area (Å²) >= 11 is 0. The van der Waals surface area contributed by atoms with Crippen LogP contribution in [0.1, 0.15) is 42.5 Å². The summed E-state index contributed by atoms with van der Waals surface area (Å²) in [6, 6.07) is 3.00. The monoisotopic (exact) mass is 361 g/mol. The Bertz CT molecular complexity index is 784. The van der Waals surface area contributed by atoms with Gasteiger partial charge in [-0.15, -0.1) is 0 Å². The van der Waals surface area contributed by atoms with E-state index in [9.17, 15) is 9.90 Å². The van der Waals surface area contributed by atoms with E-state index < -0.39 is 11.6 Å². The number of ether oxygens (including phenoxy) is 2. The number of aromatic hydroxyl groups is 1. The number of benzene rings is 1. The van der Waals surface area contributed by atoms with Crippen molar-refractivity contribution in [1.82, 2.24) is 0 Å². The molecule has 26 heavy (non-hydrogen) atoms. The standard InChI is InChI=1S/C17H23N5O4/c1-25-10-8-11(14(24)26-2)13(23)12(9-10)22-16(19)20-15(18)21-17(22)6-4-3-5-7-17/h8-9,23H,3-7H2,1-2H3,(H4,18,19,20,21). The minimum Gasteiger partial charge on any atom is -0.505 e. The van der Waals surface area contributed by atoms with Crippen molar-refractivity contribution in [3.8, 4) is 11.5 Å². The van der Waals surface area contributed by atoms with Gasteiger partial charge < -0.3 is 26.0 Å². The normalized spacial score (nSPS) is 18.9. The van der Waals surface area contributed by atoms with E-state index in [-0.39, 0.29) is 28.9 Å². The second-order valence-electron chi connectivity index (χ2n) is 6.35. The van der Waals surface area contributed by atoms with E-state index >= 15 is 0 Å². The number of rotatable bonds is 3. The average Bonchev–Trinajstić information content (AvgIpc) is 2.62. The van der Waals surface area contributed by atoms with Crippen LogP contribution in [0.2, 0.25) is 0 Å². The first kappa shape index (κ1) is 17.8. The average molecular weight is 361 g/mol. The Morgan fingerprint density at radius 2 is 1.92 bits per heavy atom. The van der Waals surface area contributed by atoms with E-state index in [1.165, 1.54) is 20.3 Å². The molecule has 0 amide bonds. The van der Waals surface area contributed by atoms with Gasteiger partial charge in [-0.1, -0.05) is 6.42 Å². The Kier molecular flexibility index (Phi) is 4.62. The lowest BCUT2D eigenvalue weighted by atomic mass is 9.87. The molecule has 1 aliphatic carbocycles. The maximum Gasteiger partial charge on any atom is 0.341 e. The van der Waals surface area contributed by atoms with Crippen molar-refractivity contribution < 1.29 is 19.4 Å². The zero-order chi connectivity index (χ0) is 18.9. The summed E-state index contributed by atoms with van der Waals surface area (Å²) in [7, 11) is 2.71. The summed E-state index contributed by atoms with van der Waals surface area (Å²) in [5.74, 6) is -0.359. The van der Waals surface area contributed by atoms with Gasteiger partial charge in [0.15, 0.2) is 5.75 Å². The van der Waals surface area contributed by atoms with Crippen LogP contribution < -0.4 is 21.1 Å². The summed E-state index contributed by atoms with van der Waals surface area (Å²) in [4.78, 5) is 22.3. The van der Waals surface area contributed by atoms with Crippen LogP contribution in [-0.2, 0) is 4.74 Å². The minimum absolute atomic E-state index is 0.0249. The fourth-order valence-corrected chi connectivity index (χ4v) is 3.62. The zero-order valence-corrected chi connectivity index (χ0v) is 14.9. The van der Waals surface area contributed by atoms with Crippen LogP contribution in [0, 0.1) is 0 Å². The predicted molar refractivity (Wildman–Crippen MR) is 97.5 cm³/mol. The van der Waals surface area contributed by atoms with Crippen molar-refractivity contribution in [2.24, 2.45) is 21.5 Å². The molecule has 2 aliphatic rings. The molecule has 0 radical (unpaired) electrons. The van der Waals surface area contributed by atoms with Crippen molar-refractivity contribution >= 4 is 23.6 Å². The molecule has 1 fully saturated rings. The number of carbonyl (C=O) groups is 1. The van der Waals surface area contributed by atoms with Crippen molar-refractivity contribution in [2.75, 3.05) is 19.1 Å². The fourth-order valence-electron chi connectivity index (χ4n) is 3.62. The number of guanidine groups is 2. The lowest BCUT2D eigenvalue weighted by Crippen LogP contribution is -2.58. The number of hydrogen-bond acceptors (Lipinski definition) is 9. The van der Waals surface area contributed by atoms with Crippen LogP contribution >= 0.6 is 0 Å². The number of carbonyl (C=O) groups excluding carboxylic acids is 1. The SMILES string of the molecule is COC(=O)c1cc(OC)cc(N2C(N)=NC(N)=NC23CCCCC3)c1O. The van der Waals surface area contributed by atoms with Crippen LogP contribution in [0.4, 0.5) is 5.69 Å². The van der Waals surface area contributed by atoms with Gasteiger partial charge in [-0.25, -0.2) is 9.79 Å². The molecule has 0 saturated heterocycles. The highest BCUT2D eigenvalue weighted by Crippen LogP contribution is 2.44. The summed E-state index contributed by atoms with van der Waals surface area (Å²) < 4.78 is 10.0. The Hall–Kier alpha value is -2.97. The molecular formula is C17H23N5O4. The van der Waals surface area contributed by atoms with Crippen LogP contribution in [0.25, 0.3) is 0 Å². The third kappa shape index (κ3) is 2.89. The van der Waals surface area contributed by atoms with Gasteiger partial charge in [-0.2, -0.15) is 4.99 Å². The number of aliphatic imine (C=N–C) groups is 2. The minimum atomic E-state index is -0.745. The molecule has 1 heterocycles. The van der Waals surface area contributed by atoms with Crippen LogP contribution in [0.15, 0.2) is 22.1 Å². The highest BCUT2D eigenvalue weighted by atomic mass is 16.5. The number of esters is 1. The van der Waals surface area contributed by atoms with Gasteiger partial charge >= 0.3 is 5.97 Å². The second-order valence-corrected chi connectivity index (χ2v) is 6.35. The van der Waals surface area contributed by atoms with E-state index in [4.69, 9.17) is 20.9 Å². The Morgan fingerprint density at radius 1 is 1.23 bits per heavy atom. The molecule has 1 aliphatic heterocycles. The quantitative estimate of drug-likeness (QED) is 0.690. The Balaban J connectivity index is 2.19. The number of anilines is 1. The van der Waals surface area contributed by atoms with Crippen LogP contribution in [-0.4, -0.2) is 42.9 Å². The first-order valence-corrected chi connectivity index (χ1v) is 8.41. The summed E-state index contributed by atoms with van der Waals surface area (Å²) in [6.07, 6.45) is 4.37. The molecule has 1 aromatic rings. The lowest BCUT2D eigenvalue weighted by Gasteiger charge is -2.45. The zero-order valence-electron chi connectivity index (χ0n) is 14.9. The smallest absolute Gasteiger partial charge is 0.341 e. The number of nitrogens with zero attached hydrogens (tertiary/aromatic N) is 3. The maximum atomic E-state index is 12.1. The second kappa shape index (κ2) is 6.74. The predicted octanol–water partition coefficient (Wildman–Crippen LogP) is 1.30. The van der Waals surface area contributed by atoms with Gasteiger partial charge in [0.1, 0.15) is 17.0 Å². The molecule has 1 spiro atoms. The molecule has 140 valence electrons. The van der Waals surface area contributed by atoms with E-state index in [1.54, 1.807) is 11.0 Å². The van der Waals surface area contributed by atoms with Crippen LogP contribution in [0.5, 0.6) is 11.5 Å². The summed E-state index contributed by atoms with van der Waals surface area (Å²) in [5, 5.41) is 10.8. The number of phenolic OH excluding ortho intramolecular Hbond substituents is 1. The molecule has 0 aromatic heterocycles. The number of phenols is 1.